The smallest absolute Gasteiger partial charge is 0.273 e. The molecule has 2 heterocycles. The average molecular weight is 358 g/mol. The van der Waals surface area contributed by atoms with Crippen molar-refractivity contribution < 1.29 is 14.0 Å². The fourth-order valence-corrected chi connectivity index (χ4v) is 7.43. The predicted octanol–water partition coefficient (Wildman–Crippen LogP) is 3.51. The molecule has 2 aromatic carbocycles. The van der Waals surface area contributed by atoms with Crippen molar-refractivity contribution in [2.24, 2.45) is 0 Å². The van der Waals surface area contributed by atoms with E-state index in [2.05, 4.69) is 9.34 Å². The van der Waals surface area contributed by atoms with E-state index in [1.54, 1.807) is 14.2 Å². The standard InChI is InChI=1S/C19H23N2O3P/c1-23-17-10-11-18(24-2)19(13-17)25(22)20-12-6-9-16(20)14-21(25)15-7-4-3-5-8-15/h3-5,7-8,10-11,13,16H,6,9,12,14H2,1-2H3/t16-,25-/m0/s1. The van der Waals surface area contributed by atoms with Crippen LogP contribution in [0.1, 0.15) is 12.8 Å². The number of hydrogen-bond donors (Lipinski definition) is 0. The van der Waals surface area contributed by atoms with Crippen molar-refractivity contribution in [2.45, 2.75) is 18.9 Å². The largest absolute Gasteiger partial charge is 0.497 e. The minimum atomic E-state index is -2.99. The summed E-state index contributed by atoms with van der Waals surface area (Å²) in [5, 5.41) is 0.725. The first-order chi connectivity index (χ1) is 12.2. The topological polar surface area (TPSA) is 42.0 Å². The van der Waals surface area contributed by atoms with Gasteiger partial charge in [0.1, 0.15) is 11.5 Å². The second kappa shape index (κ2) is 6.40. The van der Waals surface area contributed by atoms with E-state index < -0.39 is 7.44 Å². The normalized spacial score (nSPS) is 25.8. The molecule has 0 unspecified atom stereocenters. The molecule has 6 heteroatoms. The Morgan fingerprint density at radius 1 is 1.08 bits per heavy atom. The molecule has 132 valence electrons. The molecular weight excluding hydrogens is 335 g/mol. The van der Waals surface area contributed by atoms with Crippen LogP contribution in [0.25, 0.3) is 0 Å². The summed E-state index contributed by atoms with van der Waals surface area (Å²) in [4.78, 5) is 0. The molecule has 2 aliphatic heterocycles. The summed E-state index contributed by atoms with van der Waals surface area (Å²) in [6.45, 7) is 1.63. The van der Waals surface area contributed by atoms with Gasteiger partial charge in [0.25, 0.3) is 7.44 Å². The molecule has 0 amide bonds. The molecule has 2 aliphatic rings. The Hall–Kier alpha value is -1.97. The third kappa shape index (κ3) is 2.54. The highest BCUT2D eigenvalue weighted by molar-refractivity contribution is 7.71. The van der Waals surface area contributed by atoms with E-state index in [-0.39, 0.29) is 0 Å². The minimum absolute atomic E-state index is 0.321. The number of fused-ring (bicyclic) bond motifs is 1. The molecule has 2 aromatic rings. The first-order valence-electron chi connectivity index (χ1n) is 8.61. The van der Waals surface area contributed by atoms with E-state index in [1.807, 2.05) is 48.5 Å². The Kier molecular flexibility index (Phi) is 4.22. The summed E-state index contributed by atoms with van der Waals surface area (Å²) in [6.07, 6.45) is 2.17. The van der Waals surface area contributed by atoms with Gasteiger partial charge in [-0.15, -0.1) is 0 Å². The van der Waals surface area contributed by atoms with E-state index in [0.29, 0.717) is 17.5 Å². The Morgan fingerprint density at radius 3 is 2.60 bits per heavy atom. The first kappa shape index (κ1) is 16.5. The number of rotatable bonds is 4. The highest BCUT2D eigenvalue weighted by atomic mass is 31.2. The summed E-state index contributed by atoms with van der Waals surface area (Å²) in [6, 6.07) is 15.9. The monoisotopic (exact) mass is 358 g/mol. The highest BCUT2D eigenvalue weighted by Crippen LogP contribution is 2.63. The zero-order valence-corrected chi connectivity index (χ0v) is 15.5. The summed E-state index contributed by atoms with van der Waals surface area (Å²) >= 11 is 0. The summed E-state index contributed by atoms with van der Waals surface area (Å²) in [5.41, 5.74) is 0.991. The molecule has 2 atom stereocenters. The first-order valence-corrected chi connectivity index (χ1v) is 10.2. The van der Waals surface area contributed by atoms with Crippen LogP contribution < -0.4 is 19.4 Å². The van der Waals surface area contributed by atoms with Gasteiger partial charge < -0.3 is 14.1 Å². The third-order valence-corrected chi connectivity index (χ3v) is 8.41. The molecule has 0 spiro atoms. The van der Waals surface area contributed by atoms with Gasteiger partial charge in [0.2, 0.25) is 0 Å². The van der Waals surface area contributed by atoms with Crippen LogP contribution in [0.3, 0.4) is 0 Å². The average Bonchev–Trinajstić information content (AvgIpc) is 3.24. The van der Waals surface area contributed by atoms with E-state index in [1.165, 1.54) is 0 Å². The lowest BCUT2D eigenvalue weighted by molar-refractivity contribution is 0.403. The quantitative estimate of drug-likeness (QED) is 0.783. The van der Waals surface area contributed by atoms with Crippen LogP contribution in [0.15, 0.2) is 48.5 Å². The van der Waals surface area contributed by atoms with Gasteiger partial charge in [-0.1, -0.05) is 18.2 Å². The van der Waals surface area contributed by atoms with Gasteiger partial charge in [-0.25, -0.2) is 4.67 Å². The fraction of sp³-hybridized carbons (Fsp3) is 0.368. The number of ether oxygens (including phenoxy) is 2. The van der Waals surface area contributed by atoms with E-state index in [9.17, 15) is 4.57 Å². The van der Waals surface area contributed by atoms with Crippen LogP contribution in [0.2, 0.25) is 0 Å². The van der Waals surface area contributed by atoms with Crippen molar-refractivity contribution in [3.63, 3.8) is 0 Å². The third-order valence-electron chi connectivity index (χ3n) is 5.16. The Bertz CT molecular complexity index is 812. The molecule has 0 saturated carbocycles. The van der Waals surface area contributed by atoms with Gasteiger partial charge in [-0.05, 0) is 43.2 Å². The van der Waals surface area contributed by atoms with Crippen LogP contribution >= 0.6 is 7.44 Å². The molecule has 0 N–H and O–H groups in total. The van der Waals surface area contributed by atoms with Crippen LogP contribution in [-0.2, 0) is 4.57 Å². The van der Waals surface area contributed by atoms with E-state index in [0.717, 1.165) is 36.9 Å². The molecule has 0 aliphatic carbocycles. The van der Waals surface area contributed by atoms with Gasteiger partial charge in [-0.2, -0.15) is 0 Å². The number of methoxy groups -OCH3 is 2. The number of para-hydroxylation sites is 1. The van der Waals surface area contributed by atoms with Crippen molar-refractivity contribution in [3.05, 3.63) is 48.5 Å². The second-order valence-electron chi connectivity index (χ2n) is 6.46. The SMILES string of the molecule is COc1ccc(OC)c([P@@]2(=O)N(c3ccccc3)C[C@@H]3CCCN32)c1. The molecule has 5 nitrogen and oxygen atoms in total. The predicted molar refractivity (Wildman–Crippen MR) is 100 cm³/mol. The van der Waals surface area contributed by atoms with Crippen LogP contribution in [0.4, 0.5) is 5.69 Å². The minimum Gasteiger partial charge on any atom is -0.497 e. The number of nitrogens with zero attached hydrogens (tertiary/aromatic N) is 2. The van der Waals surface area contributed by atoms with Crippen molar-refractivity contribution in [1.29, 1.82) is 0 Å². The van der Waals surface area contributed by atoms with Crippen LogP contribution in [0, 0.1) is 0 Å². The lowest BCUT2D eigenvalue weighted by Crippen LogP contribution is -2.28. The van der Waals surface area contributed by atoms with Crippen molar-refractivity contribution in [1.82, 2.24) is 4.67 Å². The van der Waals surface area contributed by atoms with Gasteiger partial charge in [0, 0.05) is 24.8 Å². The maximum atomic E-state index is 14.5. The maximum absolute atomic E-state index is 14.5. The zero-order chi connectivity index (χ0) is 17.4. The number of anilines is 1. The summed E-state index contributed by atoms with van der Waals surface area (Å²) in [7, 11) is 0.265. The van der Waals surface area contributed by atoms with Gasteiger partial charge in [0.15, 0.2) is 0 Å². The molecular formula is C19H23N2O3P. The van der Waals surface area contributed by atoms with Crippen molar-refractivity contribution in [3.8, 4) is 11.5 Å². The summed E-state index contributed by atoms with van der Waals surface area (Å²) < 4.78 is 29.8. The molecule has 0 bridgehead atoms. The maximum Gasteiger partial charge on any atom is 0.273 e. The molecule has 0 radical (unpaired) electrons. The summed E-state index contributed by atoms with van der Waals surface area (Å²) in [5.74, 6) is 1.35. The van der Waals surface area contributed by atoms with Crippen molar-refractivity contribution in [2.75, 3.05) is 32.0 Å². The molecule has 2 fully saturated rings. The van der Waals surface area contributed by atoms with Crippen LogP contribution in [0.5, 0.6) is 11.5 Å². The lowest BCUT2D eigenvalue weighted by atomic mass is 10.2. The molecule has 0 aromatic heterocycles. The van der Waals surface area contributed by atoms with Gasteiger partial charge >= 0.3 is 0 Å². The molecule has 4 rings (SSSR count). The fourth-order valence-electron chi connectivity index (χ4n) is 3.97. The molecule has 25 heavy (non-hydrogen) atoms. The van der Waals surface area contributed by atoms with Gasteiger partial charge in [0.05, 0.1) is 19.5 Å². The van der Waals surface area contributed by atoms with Crippen LogP contribution in [-0.4, -0.2) is 38.0 Å². The zero-order valence-electron chi connectivity index (χ0n) is 14.6. The second-order valence-corrected chi connectivity index (χ2v) is 9.03. The Balaban J connectivity index is 1.90. The Labute approximate surface area is 148 Å². The van der Waals surface area contributed by atoms with Gasteiger partial charge in [-0.3, -0.25) is 4.57 Å². The lowest BCUT2D eigenvalue weighted by Gasteiger charge is -2.32. The van der Waals surface area contributed by atoms with Crippen molar-refractivity contribution >= 4 is 18.4 Å². The highest BCUT2D eigenvalue weighted by Gasteiger charge is 2.52. The van der Waals surface area contributed by atoms with E-state index >= 15 is 0 Å². The van der Waals surface area contributed by atoms with E-state index in [4.69, 9.17) is 9.47 Å². The Morgan fingerprint density at radius 2 is 1.88 bits per heavy atom. The molecule has 2 saturated heterocycles. The number of hydrogen-bond acceptors (Lipinski definition) is 3. The number of benzene rings is 2.